The minimum Gasteiger partial charge on any atom is -0.664 e. The number of aromatic nitrogens is 3. The number of ether oxygens (including phenoxy) is 2. The first-order valence-electron chi connectivity index (χ1n) is 16.9. The van der Waals surface area contributed by atoms with Gasteiger partial charge in [-0.25, -0.2) is 0 Å². The minimum atomic E-state index is -1.20. The Hall–Kier alpha value is -4.28. The van der Waals surface area contributed by atoms with Gasteiger partial charge in [0.05, 0.1) is 7.11 Å². The van der Waals surface area contributed by atoms with Crippen LogP contribution in [0.5, 0.6) is 0 Å². The number of ketones is 1. The summed E-state index contributed by atoms with van der Waals surface area (Å²) in [5, 5.41) is 7.00. The summed E-state index contributed by atoms with van der Waals surface area (Å²) in [6, 6.07) is 0. The van der Waals surface area contributed by atoms with Crippen LogP contribution in [-0.2, 0) is 25.5 Å². The van der Waals surface area contributed by atoms with Crippen LogP contribution in [0.1, 0.15) is 101 Å². The molecular weight excluding hydrogens is 641 g/mol. The Morgan fingerprint density at radius 3 is 2.36 bits per heavy atom. The molecule has 50 heavy (non-hydrogen) atoms. The molecule has 8 bridgehead atoms. The predicted molar refractivity (Wildman–Crippen MR) is 197 cm³/mol. The van der Waals surface area contributed by atoms with Crippen molar-refractivity contribution in [1.29, 1.82) is 0 Å². The molecule has 0 radical (unpaired) electrons. The van der Waals surface area contributed by atoms with Crippen molar-refractivity contribution >= 4 is 70.7 Å². The maximum absolute atomic E-state index is 14.2. The fourth-order valence-electron chi connectivity index (χ4n) is 7.38. The number of nitrogens with one attached hydrogen (secondary N) is 1. The Bertz CT molecular complexity index is 2130. The standard InChI is InChI=1S/C40H44N4O5.Mg/c1-10-24-20(5)27-16-29-22(7)26(12-13-33(45)49-15-14-19(3)4)37(43-29)35-36(40(47)48-9)39(46)34-23(8)30(44-38(34)35)18-32-25(11-2)21(6)28(42-32)17-31(24)41-27;/h10,14,16-18,22,26,36,42H,1,11-13,15H2,2-9H3,(H-,43,44,46);/q-2;+2/p-1/b28-17-,29-16-,32-18-;/t22-,26-,36+;/m0./s1. The molecule has 3 aromatic rings. The summed E-state index contributed by atoms with van der Waals surface area (Å²) in [4.78, 5) is 54.1. The van der Waals surface area contributed by atoms with Crippen LogP contribution in [-0.4, -0.2) is 59.5 Å². The van der Waals surface area contributed by atoms with Gasteiger partial charge < -0.3 is 29.7 Å². The largest absolute Gasteiger partial charge is 2.00 e. The molecule has 9 nitrogen and oxygen atoms in total. The van der Waals surface area contributed by atoms with E-state index in [2.05, 4.69) is 38.4 Å². The smallest absolute Gasteiger partial charge is 0.664 e. The summed E-state index contributed by atoms with van der Waals surface area (Å²) in [7, 11) is 1.28. The number of Topliss-reactive ketones (excluding diaryl/α,β-unsaturated/α-hetero) is 1. The molecule has 6 rings (SSSR count). The van der Waals surface area contributed by atoms with Crippen molar-refractivity contribution in [3.63, 3.8) is 0 Å². The number of esters is 2. The van der Waals surface area contributed by atoms with Crippen LogP contribution in [0, 0.1) is 38.5 Å². The molecule has 0 spiro atoms. The maximum Gasteiger partial charge on any atom is 2.00 e. The number of fused-ring (bicyclic) bond motifs is 7. The second-order valence-electron chi connectivity index (χ2n) is 13.4. The van der Waals surface area contributed by atoms with Gasteiger partial charge in [0.15, 0.2) is 5.78 Å². The van der Waals surface area contributed by atoms with Gasteiger partial charge in [-0.3, -0.25) is 14.4 Å². The zero-order valence-corrected chi connectivity index (χ0v) is 31.7. The van der Waals surface area contributed by atoms with E-state index in [1.54, 1.807) is 0 Å². The van der Waals surface area contributed by atoms with Crippen LogP contribution >= 0.6 is 0 Å². The number of H-pyrrole nitrogens is 1. The summed E-state index contributed by atoms with van der Waals surface area (Å²) in [5.41, 5.74) is 10.7. The molecule has 1 fully saturated rings. The molecule has 1 saturated heterocycles. The quantitative estimate of drug-likeness (QED) is 0.147. The number of methoxy groups -OCH3 is 1. The predicted octanol–water partition coefficient (Wildman–Crippen LogP) is 5.32. The summed E-state index contributed by atoms with van der Waals surface area (Å²) < 4.78 is 10.7. The molecule has 1 N–H and O–H groups in total. The summed E-state index contributed by atoms with van der Waals surface area (Å²) in [5.74, 6) is -3.01. The molecule has 3 aliphatic rings. The molecule has 3 aromatic heterocycles. The van der Waals surface area contributed by atoms with E-state index in [4.69, 9.17) is 24.8 Å². The van der Waals surface area contributed by atoms with E-state index in [0.717, 1.165) is 62.0 Å². The fraction of sp³-hybridized carbons (Fsp3) is 0.375. The Balaban J connectivity index is 0.00000486. The van der Waals surface area contributed by atoms with Gasteiger partial charge in [0.2, 0.25) is 0 Å². The number of nitrogens with zero attached hydrogens (tertiary/aromatic N) is 3. The minimum absolute atomic E-state index is 0. The van der Waals surface area contributed by atoms with E-state index in [0.29, 0.717) is 40.2 Å². The van der Waals surface area contributed by atoms with Crippen molar-refractivity contribution in [1.82, 2.24) is 15.0 Å². The Kier molecular flexibility index (Phi) is 10.7. The van der Waals surface area contributed by atoms with Gasteiger partial charge in [-0.1, -0.05) is 67.0 Å². The molecule has 0 aromatic carbocycles. The topological polar surface area (TPSA) is 128 Å². The Morgan fingerprint density at radius 1 is 1.00 bits per heavy atom. The molecule has 5 heterocycles. The van der Waals surface area contributed by atoms with Crippen molar-refractivity contribution in [2.24, 2.45) is 17.8 Å². The molecule has 256 valence electrons. The number of allylic oxidation sites excluding steroid dienone is 3. The average molecular weight is 684 g/mol. The second-order valence-corrected chi connectivity index (χ2v) is 13.4. The average Bonchev–Trinajstić information content (AvgIpc) is 3.80. The van der Waals surface area contributed by atoms with E-state index in [9.17, 15) is 14.4 Å². The summed E-state index contributed by atoms with van der Waals surface area (Å²) in [6.45, 7) is 18.3. The van der Waals surface area contributed by atoms with Gasteiger partial charge >= 0.3 is 35.0 Å². The molecule has 2 aliphatic heterocycles. The first kappa shape index (κ1) is 37.0. The van der Waals surface area contributed by atoms with Crippen LogP contribution in [0.3, 0.4) is 0 Å². The Labute approximate surface area is 309 Å². The van der Waals surface area contributed by atoms with Gasteiger partial charge in [-0.15, -0.1) is 22.8 Å². The van der Waals surface area contributed by atoms with Crippen LogP contribution in [0.25, 0.3) is 35.2 Å². The third-order valence-electron chi connectivity index (χ3n) is 10.2. The fourth-order valence-corrected chi connectivity index (χ4v) is 7.38. The van der Waals surface area contributed by atoms with E-state index in [-0.39, 0.29) is 59.7 Å². The van der Waals surface area contributed by atoms with Gasteiger partial charge in [0, 0.05) is 22.7 Å². The number of aromatic amines is 1. The molecule has 3 atom stereocenters. The molecule has 10 heteroatoms. The summed E-state index contributed by atoms with van der Waals surface area (Å²) in [6.07, 6.45) is 11.0. The normalized spacial score (nSPS) is 22.6. The van der Waals surface area contributed by atoms with E-state index in [1.807, 2.05) is 52.0 Å². The van der Waals surface area contributed by atoms with E-state index in [1.165, 1.54) is 7.11 Å². The van der Waals surface area contributed by atoms with Crippen LogP contribution in [0.4, 0.5) is 0 Å². The van der Waals surface area contributed by atoms with Gasteiger partial charge in [0.1, 0.15) is 12.5 Å². The van der Waals surface area contributed by atoms with Crippen molar-refractivity contribution in [2.75, 3.05) is 13.7 Å². The van der Waals surface area contributed by atoms with E-state index >= 15 is 0 Å². The number of hydrogen-bond donors (Lipinski definition) is 1. The number of carbonyl (C=O) groups excluding carboxylic acids is 3. The van der Waals surface area contributed by atoms with Gasteiger partial charge in [-0.05, 0) is 82.1 Å². The first-order chi connectivity index (χ1) is 23.4. The molecule has 0 unspecified atom stereocenters. The van der Waals surface area contributed by atoms with Crippen molar-refractivity contribution < 1.29 is 23.9 Å². The number of hydrogen-bond acceptors (Lipinski definition) is 5. The maximum atomic E-state index is 14.2. The van der Waals surface area contributed by atoms with Crippen LogP contribution < -0.4 is 20.7 Å². The summed E-state index contributed by atoms with van der Waals surface area (Å²) >= 11 is 0. The van der Waals surface area contributed by atoms with Crippen molar-refractivity contribution in [3.8, 4) is 0 Å². The SMILES string of the molecule is C=Cc1c2[n-]c(c1C)/C=C1\[N-]/C(=C3\c4[n-]c(c(C)c4C(=O)[C@@H]3C(=O)OC)/C=c3\[nH]/c(c(C)c3CC)=C\2)[C@@H](CCC(=O)OCC=C(C)C)[C@@H]1C.[Mg+2]. The number of carbonyl (C=O) groups is 3. The molecule has 0 saturated carbocycles. The molecule has 1 aliphatic carbocycles. The van der Waals surface area contributed by atoms with Gasteiger partial charge in [0.25, 0.3) is 0 Å². The third kappa shape index (κ3) is 6.28. The Morgan fingerprint density at radius 2 is 1.70 bits per heavy atom. The third-order valence-corrected chi connectivity index (χ3v) is 10.2. The van der Waals surface area contributed by atoms with Crippen molar-refractivity contribution in [2.45, 2.75) is 67.7 Å². The number of rotatable bonds is 8. The monoisotopic (exact) mass is 683 g/mol. The van der Waals surface area contributed by atoms with E-state index < -0.39 is 11.9 Å². The molecular formula is C40H43MgN4O5-. The zero-order valence-electron chi connectivity index (χ0n) is 30.2. The van der Waals surface area contributed by atoms with Crippen LogP contribution in [0.2, 0.25) is 0 Å². The zero-order chi connectivity index (χ0) is 35.3. The van der Waals surface area contributed by atoms with Crippen molar-refractivity contribution in [3.05, 3.63) is 102 Å². The molecule has 0 amide bonds. The second kappa shape index (κ2) is 14.5. The van der Waals surface area contributed by atoms with Gasteiger partial charge in [-0.2, -0.15) is 11.4 Å². The van der Waals surface area contributed by atoms with Crippen LogP contribution in [0.15, 0.2) is 29.6 Å². The first-order valence-corrected chi connectivity index (χ1v) is 16.9.